The number of sulfonamides is 1. The molecule has 3 aromatic rings. The Morgan fingerprint density at radius 3 is 2.50 bits per heavy atom. The van der Waals surface area contributed by atoms with Gasteiger partial charge in [-0.2, -0.15) is 5.10 Å². The highest BCUT2D eigenvalue weighted by atomic mass is 35.5. The molecule has 0 saturated heterocycles. The summed E-state index contributed by atoms with van der Waals surface area (Å²) in [6.07, 6.45) is 4.18. The zero-order valence-corrected chi connectivity index (χ0v) is 16.8. The fraction of sp³-hybridized carbons (Fsp3) is 0.158. The van der Waals surface area contributed by atoms with E-state index in [1.54, 1.807) is 10.9 Å². The Hall–Kier alpha value is -2.84. The Bertz CT molecular complexity index is 1100. The van der Waals surface area contributed by atoms with Crippen molar-refractivity contribution in [2.75, 3.05) is 16.3 Å². The molecule has 1 unspecified atom stereocenters. The molecule has 1 aromatic heterocycles. The molecule has 9 heteroatoms. The van der Waals surface area contributed by atoms with Crippen LogP contribution in [0.1, 0.15) is 28.9 Å². The highest BCUT2D eigenvalue weighted by Gasteiger charge is 2.14. The number of nitrogens with zero attached hydrogens (tertiary/aromatic N) is 2. The molecule has 2 N–H and O–H groups in total. The molecule has 0 saturated carbocycles. The molecule has 3 rings (SSSR count). The molecule has 28 heavy (non-hydrogen) atoms. The third kappa shape index (κ3) is 5.11. The summed E-state index contributed by atoms with van der Waals surface area (Å²) in [5.74, 6) is -0.376. The predicted molar refractivity (Wildman–Crippen MR) is 110 cm³/mol. The van der Waals surface area contributed by atoms with E-state index >= 15 is 0 Å². The average Bonchev–Trinajstić information content (AvgIpc) is 3.10. The summed E-state index contributed by atoms with van der Waals surface area (Å²) in [4.78, 5) is 12.5. The lowest BCUT2D eigenvalue weighted by Gasteiger charge is -2.12. The van der Waals surface area contributed by atoms with E-state index in [0.29, 0.717) is 11.3 Å². The fourth-order valence-corrected chi connectivity index (χ4v) is 3.47. The van der Waals surface area contributed by atoms with Gasteiger partial charge in [-0.25, -0.2) is 8.42 Å². The lowest BCUT2D eigenvalue weighted by molar-refractivity contribution is 0.102. The SMILES string of the molecule is CC(c1ccccc1)n1cc(C(=O)Nc2cc(Cl)cc(NS(C)(=O)=O)c2)cn1. The minimum absolute atomic E-state index is 0.0283. The van der Waals surface area contributed by atoms with Gasteiger partial charge in [0.25, 0.3) is 5.91 Å². The minimum atomic E-state index is -3.46. The molecule has 0 spiro atoms. The van der Waals surface area contributed by atoms with Gasteiger partial charge in [-0.3, -0.25) is 14.2 Å². The van der Waals surface area contributed by atoms with Crippen molar-refractivity contribution in [3.63, 3.8) is 0 Å². The first kappa shape index (κ1) is 19.9. The van der Waals surface area contributed by atoms with Crippen LogP contribution in [0.4, 0.5) is 11.4 Å². The summed E-state index contributed by atoms with van der Waals surface area (Å²) in [6.45, 7) is 1.99. The Morgan fingerprint density at radius 1 is 1.14 bits per heavy atom. The molecule has 1 atom stereocenters. The van der Waals surface area contributed by atoms with Gasteiger partial charge in [-0.05, 0) is 30.7 Å². The van der Waals surface area contributed by atoms with Crippen molar-refractivity contribution in [1.82, 2.24) is 9.78 Å². The van der Waals surface area contributed by atoms with Crippen LogP contribution in [0.25, 0.3) is 0 Å². The Morgan fingerprint density at radius 2 is 1.82 bits per heavy atom. The third-order valence-electron chi connectivity index (χ3n) is 4.00. The quantitative estimate of drug-likeness (QED) is 0.637. The van der Waals surface area contributed by atoms with Gasteiger partial charge in [0.15, 0.2) is 0 Å². The van der Waals surface area contributed by atoms with E-state index in [9.17, 15) is 13.2 Å². The van der Waals surface area contributed by atoms with E-state index < -0.39 is 10.0 Å². The number of anilines is 2. The summed E-state index contributed by atoms with van der Waals surface area (Å²) in [7, 11) is -3.46. The third-order valence-corrected chi connectivity index (χ3v) is 4.83. The second-order valence-electron chi connectivity index (χ2n) is 6.35. The Kier molecular flexibility index (Phi) is 5.71. The van der Waals surface area contributed by atoms with Crippen LogP contribution in [0, 0.1) is 0 Å². The van der Waals surface area contributed by atoms with Crippen molar-refractivity contribution < 1.29 is 13.2 Å². The summed E-state index contributed by atoms with van der Waals surface area (Å²) < 4.78 is 26.8. The van der Waals surface area contributed by atoms with Crippen molar-refractivity contribution in [3.05, 3.63) is 77.1 Å². The Labute approximate surface area is 168 Å². The summed E-state index contributed by atoms with van der Waals surface area (Å²) >= 11 is 6.02. The number of nitrogens with one attached hydrogen (secondary N) is 2. The number of carbonyl (C=O) groups is 1. The second-order valence-corrected chi connectivity index (χ2v) is 8.54. The van der Waals surface area contributed by atoms with E-state index in [-0.39, 0.29) is 22.7 Å². The van der Waals surface area contributed by atoms with Gasteiger partial charge in [0, 0.05) is 16.9 Å². The fourth-order valence-electron chi connectivity index (χ4n) is 2.69. The zero-order valence-electron chi connectivity index (χ0n) is 15.3. The highest BCUT2D eigenvalue weighted by Crippen LogP contribution is 2.24. The molecular formula is C19H19ClN4O3S. The zero-order chi connectivity index (χ0) is 20.3. The molecular weight excluding hydrogens is 400 g/mol. The second kappa shape index (κ2) is 8.04. The van der Waals surface area contributed by atoms with Crippen molar-refractivity contribution in [2.45, 2.75) is 13.0 Å². The van der Waals surface area contributed by atoms with Gasteiger partial charge in [0.2, 0.25) is 10.0 Å². The summed E-state index contributed by atoms with van der Waals surface area (Å²) in [5.41, 5.74) is 2.08. The predicted octanol–water partition coefficient (Wildman–Crippen LogP) is 3.77. The number of benzene rings is 2. The lowest BCUT2D eigenvalue weighted by atomic mass is 10.1. The molecule has 0 fully saturated rings. The van der Waals surface area contributed by atoms with Crippen molar-refractivity contribution >= 4 is 38.9 Å². The maximum absolute atomic E-state index is 12.5. The van der Waals surface area contributed by atoms with Gasteiger partial charge >= 0.3 is 0 Å². The van der Waals surface area contributed by atoms with Crippen LogP contribution in [-0.2, 0) is 10.0 Å². The first-order valence-electron chi connectivity index (χ1n) is 8.40. The summed E-state index contributed by atoms with van der Waals surface area (Å²) in [5, 5.41) is 7.27. The lowest BCUT2D eigenvalue weighted by Crippen LogP contribution is -2.13. The maximum atomic E-state index is 12.5. The van der Waals surface area contributed by atoms with E-state index in [0.717, 1.165) is 11.8 Å². The number of carbonyl (C=O) groups excluding carboxylic acids is 1. The van der Waals surface area contributed by atoms with Gasteiger partial charge in [0.05, 0.1) is 29.7 Å². The average molecular weight is 419 g/mol. The van der Waals surface area contributed by atoms with E-state index in [2.05, 4.69) is 15.1 Å². The monoisotopic (exact) mass is 418 g/mol. The van der Waals surface area contributed by atoms with Crippen LogP contribution in [0.5, 0.6) is 0 Å². The first-order valence-corrected chi connectivity index (χ1v) is 10.7. The van der Waals surface area contributed by atoms with Crippen LogP contribution in [0.15, 0.2) is 60.9 Å². The number of hydrogen-bond acceptors (Lipinski definition) is 4. The van der Waals surface area contributed by atoms with Crippen LogP contribution in [-0.4, -0.2) is 30.4 Å². The number of hydrogen-bond donors (Lipinski definition) is 2. The smallest absolute Gasteiger partial charge is 0.258 e. The highest BCUT2D eigenvalue weighted by molar-refractivity contribution is 7.92. The molecule has 1 heterocycles. The minimum Gasteiger partial charge on any atom is -0.322 e. The number of amides is 1. The standard InChI is InChI=1S/C19H19ClN4O3S/c1-13(14-6-4-3-5-7-14)24-12-15(11-21-24)19(25)22-17-8-16(20)9-18(10-17)23-28(2,26)27/h3-13,23H,1-2H3,(H,22,25). The van der Waals surface area contributed by atoms with Crippen LogP contribution in [0.2, 0.25) is 5.02 Å². The Balaban J connectivity index is 1.76. The van der Waals surface area contributed by atoms with Gasteiger partial charge in [-0.1, -0.05) is 41.9 Å². The van der Waals surface area contributed by atoms with Crippen molar-refractivity contribution in [2.24, 2.45) is 0 Å². The molecule has 1 amide bonds. The molecule has 2 aromatic carbocycles. The summed E-state index contributed by atoms with van der Waals surface area (Å²) in [6, 6.07) is 14.3. The van der Waals surface area contributed by atoms with Crippen molar-refractivity contribution in [1.29, 1.82) is 0 Å². The number of halogens is 1. The first-order chi connectivity index (χ1) is 13.2. The molecule has 0 aliphatic heterocycles. The van der Waals surface area contributed by atoms with E-state index in [1.165, 1.54) is 24.4 Å². The molecule has 0 aliphatic rings. The maximum Gasteiger partial charge on any atom is 0.258 e. The van der Waals surface area contributed by atoms with E-state index in [4.69, 9.17) is 11.6 Å². The van der Waals surface area contributed by atoms with Gasteiger partial charge in [0.1, 0.15) is 0 Å². The van der Waals surface area contributed by atoms with Crippen molar-refractivity contribution in [3.8, 4) is 0 Å². The largest absolute Gasteiger partial charge is 0.322 e. The van der Waals surface area contributed by atoms with E-state index in [1.807, 2.05) is 37.3 Å². The molecule has 0 bridgehead atoms. The topological polar surface area (TPSA) is 93.1 Å². The normalized spacial score (nSPS) is 12.4. The molecule has 0 radical (unpaired) electrons. The molecule has 146 valence electrons. The number of aromatic nitrogens is 2. The van der Waals surface area contributed by atoms with Crippen LogP contribution in [0.3, 0.4) is 0 Å². The van der Waals surface area contributed by atoms with Gasteiger partial charge < -0.3 is 5.32 Å². The molecule has 0 aliphatic carbocycles. The van der Waals surface area contributed by atoms with Crippen LogP contribution >= 0.6 is 11.6 Å². The molecule has 7 nitrogen and oxygen atoms in total. The van der Waals surface area contributed by atoms with Gasteiger partial charge in [-0.15, -0.1) is 0 Å². The van der Waals surface area contributed by atoms with Crippen LogP contribution < -0.4 is 10.0 Å². The number of rotatable bonds is 6.